The maximum Gasteiger partial charge on any atom is 0.435 e. The summed E-state index contributed by atoms with van der Waals surface area (Å²) in [6, 6.07) is 14.9. The van der Waals surface area contributed by atoms with Gasteiger partial charge in [0.25, 0.3) is 0 Å². The van der Waals surface area contributed by atoms with E-state index in [1.165, 1.54) is 16.9 Å². The summed E-state index contributed by atoms with van der Waals surface area (Å²) in [6.45, 7) is 0. The van der Waals surface area contributed by atoms with Gasteiger partial charge in [-0.25, -0.2) is 9.67 Å². The Morgan fingerprint density at radius 2 is 1.62 bits per heavy atom. The largest absolute Gasteiger partial charge is 0.435 e. The minimum absolute atomic E-state index is 0.000917. The molecule has 0 fully saturated rings. The highest BCUT2D eigenvalue weighted by Crippen LogP contribution is 2.32. The van der Waals surface area contributed by atoms with E-state index in [4.69, 9.17) is 5.41 Å². The molecule has 0 aliphatic rings. The van der Waals surface area contributed by atoms with Gasteiger partial charge in [0.1, 0.15) is 5.49 Å². The quantitative estimate of drug-likeness (QED) is 0.801. The van der Waals surface area contributed by atoms with Crippen molar-refractivity contribution >= 4 is 0 Å². The number of rotatable bonds is 3. The highest BCUT2D eigenvalue weighted by atomic mass is 19.4. The average molecular weight is 330 g/mol. The smallest absolute Gasteiger partial charge is 0.283 e. The fourth-order valence-electron chi connectivity index (χ4n) is 2.33. The number of nitrogens with zero attached hydrogens (tertiary/aromatic N) is 3. The molecule has 0 atom stereocenters. The molecule has 7 heteroatoms. The Balaban J connectivity index is 2.06. The number of para-hydroxylation sites is 1. The first-order valence-corrected chi connectivity index (χ1v) is 7.15. The van der Waals surface area contributed by atoms with Crippen molar-refractivity contribution in [2.75, 3.05) is 0 Å². The molecule has 2 heterocycles. The van der Waals surface area contributed by atoms with E-state index in [2.05, 4.69) is 10.1 Å². The first kappa shape index (κ1) is 15.9. The van der Waals surface area contributed by atoms with E-state index in [9.17, 15) is 13.2 Å². The van der Waals surface area contributed by atoms with E-state index in [0.29, 0.717) is 11.4 Å². The monoisotopic (exact) mass is 330 g/mol. The highest BCUT2D eigenvalue weighted by Gasteiger charge is 2.37. The number of hydrogen-bond donors (Lipinski definition) is 1. The third-order valence-electron chi connectivity index (χ3n) is 3.37. The van der Waals surface area contributed by atoms with Crippen molar-refractivity contribution in [3.8, 4) is 5.69 Å². The molecule has 0 bridgehead atoms. The predicted octanol–water partition coefficient (Wildman–Crippen LogP) is 3.36. The zero-order valence-electron chi connectivity index (χ0n) is 12.5. The van der Waals surface area contributed by atoms with Crippen molar-refractivity contribution in [1.29, 1.82) is 5.41 Å². The highest BCUT2D eigenvalue weighted by molar-refractivity contribution is 5.34. The Kier molecular flexibility index (Phi) is 4.16. The summed E-state index contributed by atoms with van der Waals surface area (Å²) < 4.78 is 41.1. The summed E-state index contributed by atoms with van der Waals surface area (Å²) >= 11 is 0. The average Bonchev–Trinajstić information content (AvgIpc) is 2.85. The predicted molar refractivity (Wildman–Crippen MR) is 81.5 cm³/mol. The number of benzene rings is 1. The van der Waals surface area contributed by atoms with Crippen LogP contribution in [0.15, 0.2) is 60.8 Å². The van der Waals surface area contributed by atoms with Crippen LogP contribution in [0.3, 0.4) is 0 Å². The van der Waals surface area contributed by atoms with Crippen LogP contribution in [0.4, 0.5) is 13.2 Å². The standard InChI is InChI=1S/C17H13F3N4/c18-17(19,20)16-12(10-13-6-4-5-9-15(21)22-13)11-24(23-16)14-7-2-1-3-8-14/h1-9,11,21H,10H2. The van der Waals surface area contributed by atoms with Crippen molar-refractivity contribution in [3.63, 3.8) is 0 Å². The summed E-state index contributed by atoms with van der Waals surface area (Å²) in [4.78, 5) is 4.00. The van der Waals surface area contributed by atoms with E-state index in [-0.39, 0.29) is 17.5 Å². The second-order valence-corrected chi connectivity index (χ2v) is 5.16. The second-order valence-electron chi connectivity index (χ2n) is 5.16. The van der Waals surface area contributed by atoms with Crippen LogP contribution in [0.2, 0.25) is 0 Å². The molecule has 0 saturated carbocycles. The molecule has 0 saturated heterocycles. The van der Waals surface area contributed by atoms with Gasteiger partial charge in [0.15, 0.2) is 5.69 Å². The maximum atomic E-state index is 13.3. The van der Waals surface area contributed by atoms with Crippen molar-refractivity contribution in [3.05, 3.63) is 83.2 Å². The van der Waals surface area contributed by atoms with E-state index in [1.54, 1.807) is 48.5 Å². The van der Waals surface area contributed by atoms with Crippen LogP contribution in [-0.4, -0.2) is 14.8 Å². The number of aromatic nitrogens is 3. The van der Waals surface area contributed by atoms with Gasteiger partial charge < -0.3 is 0 Å². The maximum absolute atomic E-state index is 13.3. The first-order chi connectivity index (χ1) is 11.4. The van der Waals surface area contributed by atoms with Crippen molar-refractivity contribution in [2.24, 2.45) is 0 Å². The van der Waals surface area contributed by atoms with Crippen molar-refractivity contribution in [1.82, 2.24) is 14.8 Å². The Morgan fingerprint density at radius 3 is 2.33 bits per heavy atom. The third-order valence-corrected chi connectivity index (χ3v) is 3.37. The molecule has 1 N–H and O–H groups in total. The molecule has 0 aliphatic carbocycles. The lowest BCUT2D eigenvalue weighted by Crippen LogP contribution is -2.11. The summed E-state index contributed by atoms with van der Waals surface area (Å²) in [6.07, 6.45) is -3.26. The van der Waals surface area contributed by atoms with Gasteiger partial charge in [0.05, 0.1) is 5.69 Å². The van der Waals surface area contributed by atoms with E-state index in [0.717, 1.165) is 0 Å². The summed E-state index contributed by atoms with van der Waals surface area (Å²) in [5.41, 5.74) is -0.000212. The number of alkyl halides is 3. The molecular weight excluding hydrogens is 317 g/mol. The van der Waals surface area contributed by atoms with Crippen LogP contribution in [0.5, 0.6) is 0 Å². The van der Waals surface area contributed by atoms with Gasteiger partial charge in [-0.3, -0.25) is 5.41 Å². The molecule has 4 nitrogen and oxygen atoms in total. The second kappa shape index (κ2) is 6.27. The topological polar surface area (TPSA) is 54.6 Å². The van der Waals surface area contributed by atoms with E-state index >= 15 is 0 Å². The Morgan fingerprint density at radius 1 is 0.958 bits per heavy atom. The van der Waals surface area contributed by atoms with Crippen LogP contribution in [0, 0.1) is 5.41 Å². The molecule has 122 valence electrons. The molecule has 0 spiro atoms. The minimum atomic E-state index is -4.56. The lowest BCUT2D eigenvalue weighted by Gasteiger charge is -2.05. The fraction of sp³-hybridized carbons (Fsp3) is 0.118. The van der Waals surface area contributed by atoms with Gasteiger partial charge in [-0.15, -0.1) is 0 Å². The third kappa shape index (κ3) is 3.51. The summed E-state index contributed by atoms with van der Waals surface area (Å²) in [7, 11) is 0. The van der Waals surface area contributed by atoms with Crippen LogP contribution < -0.4 is 5.49 Å². The van der Waals surface area contributed by atoms with Crippen LogP contribution in [-0.2, 0) is 12.6 Å². The normalized spacial score (nSPS) is 11.5. The molecule has 0 aliphatic heterocycles. The van der Waals surface area contributed by atoms with Crippen LogP contribution in [0.1, 0.15) is 17.0 Å². The Labute approximate surface area is 135 Å². The lowest BCUT2D eigenvalue weighted by molar-refractivity contribution is -0.141. The van der Waals surface area contributed by atoms with Gasteiger partial charge >= 0.3 is 6.18 Å². The molecule has 0 radical (unpaired) electrons. The molecule has 1 aromatic carbocycles. The van der Waals surface area contributed by atoms with Crippen LogP contribution >= 0.6 is 0 Å². The van der Waals surface area contributed by atoms with E-state index in [1.807, 2.05) is 0 Å². The number of hydrogen-bond acceptors (Lipinski definition) is 3. The number of halogens is 3. The Bertz CT molecular complexity index is 901. The fourth-order valence-corrected chi connectivity index (χ4v) is 2.33. The summed E-state index contributed by atoms with van der Waals surface area (Å²) in [5.74, 6) is 0. The van der Waals surface area contributed by atoms with Gasteiger partial charge in [-0.05, 0) is 24.3 Å². The first-order valence-electron chi connectivity index (χ1n) is 7.15. The van der Waals surface area contributed by atoms with Gasteiger partial charge in [-0.1, -0.05) is 30.3 Å². The minimum Gasteiger partial charge on any atom is -0.283 e. The Hall–Kier alpha value is -2.96. The SMILES string of the molecule is N=c1ccccc(Cc2cn(-c3ccccc3)nc2C(F)(F)F)n1. The molecule has 3 aromatic rings. The molecule has 3 rings (SSSR count). The summed E-state index contributed by atoms with van der Waals surface area (Å²) in [5, 5.41) is 11.3. The van der Waals surface area contributed by atoms with E-state index < -0.39 is 11.9 Å². The zero-order valence-corrected chi connectivity index (χ0v) is 12.5. The molecule has 0 unspecified atom stereocenters. The van der Waals surface area contributed by atoms with Gasteiger partial charge in [0.2, 0.25) is 0 Å². The van der Waals surface area contributed by atoms with Crippen molar-refractivity contribution < 1.29 is 13.2 Å². The van der Waals surface area contributed by atoms with Gasteiger partial charge in [0, 0.05) is 23.9 Å². The molecular formula is C17H13F3N4. The molecule has 2 aromatic heterocycles. The lowest BCUT2D eigenvalue weighted by atomic mass is 10.1. The number of nitrogens with one attached hydrogen (secondary N) is 1. The molecule has 0 amide bonds. The van der Waals surface area contributed by atoms with Crippen molar-refractivity contribution in [2.45, 2.75) is 12.6 Å². The molecule has 24 heavy (non-hydrogen) atoms. The van der Waals surface area contributed by atoms with Gasteiger partial charge in [-0.2, -0.15) is 18.3 Å². The zero-order chi connectivity index (χ0) is 17.2. The van der Waals surface area contributed by atoms with Crippen LogP contribution in [0.25, 0.3) is 5.69 Å².